The maximum absolute atomic E-state index is 13.4. The van der Waals surface area contributed by atoms with Crippen LogP contribution in [0.25, 0.3) is 0 Å². The number of benzene rings is 1. The van der Waals surface area contributed by atoms with Crippen LogP contribution in [0.15, 0.2) is 17.0 Å². The lowest BCUT2D eigenvalue weighted by Gasteiger charge is -2.34. The molecule has 4 nitrogen and oxygen atoms in total. The third kappa shape index (κ3) is 4.55. The van der Waals surface area contributed by atoms with Gasteiger partial charge in [0.05, 0.1) is 5.02 Å². The number of hydrogen-bond acceptors (Lipinski definition) is 3. The first-order valence-corrected chi connectivity index (χ1v) is 8.76. The minimum Gasteiger partial charge on any atom is -0.317 e. The number of rotatable bonds is 4. The van der Waals surface area contributed by atoms with E-state index in [1.807, 2.05) is 0 Å². The second-order valence-corrected chi connectivity index (χ2v) is 8.06. The van der Waals surface area contributed by atoms with Crippen LogP contribution in [-0.4, -0.2) is 28.1 Å². The molecule has 1 fully saturated rings. The molecule has 1 aliphatic rings. The van der Waals surface area contributed by atoms with Crippen LogP contribution in [0.4, 0.5) is 4.39 Å². The summed E-state index contributed by atoms with van der Waals surface area (Å²) in [4.78, 5) is -0.0689. The molecule has 1 heterocycles. The smallest absolute Gasteiger partial charge is 0.242 e. The normalized spacial score (nSPS) is 17.8. The number of aryl methyl sites for hydroxylation is 1. The number of piperidine rings is 1. The molecule has 2 rings (SSSR count). The van der Waals surface area contributed by atoms with Crippen molar-refractivity contribution in [2.24, 2.45) is 5.41 Å². The highest BCUT2D eigenvalue weighted by Gasteiger charge is 2.29. The first-order valence-electron chi connectivity index (χ1n) is 6.90. The standard InChI is InChI=1S/C14H20ClFN2O2S.ClH/c1-10-7-13(11(15)8-12(10)16)21(19,20)18-9-14(2)3-5-17-6-4-14;/h7-8,17-18H,3-6,9H2,1-2H3;1H. The van der Waals surface area contributed by atoms with Gasteiger partial charge in [0.1, 0.15) is 10.7 Å². The molecule has 8 heteroatoms. The summed E-state index contributed by atoms with van der Waals surface area (Å²) in [6.07, 6.45) is 1.82. The van der Waals surface area contributed by atoms with E-state index in [1.165, 1.54) is 13.0 Å². The lowest BCUT2D eigenvalue weighted by Crippen LogP contribution is -2.42. The van der Waals surface area contributed by atoms with Gasteiger partial charge < -0.3 is 5.32 Å². The lowest BCUT2D eigenvalue weighted by atomic mass is 9.81. The molecule has 0 amide bonds. The van der Waals surface area contributed by atoms with Crippen molar-refractivity contribution in [3.8, 4) is 0 Å². The third-order valence-corrected chi connectivity index (χ3v) is 5.87. The molecule has 1 aromatic rings. The Morgan fingerprint density at radius 2 is 1.95 bits per heavy atom. The van der Waals surface area contributed by atoms with Crippen LogP contribution in [-0.2, 0) is 10.0 Å². The Labute approximate surface area is 142 Å². The zero-order chi connectivity index (χ0) is 15.7. The Morgan fingerprint density at radius 1 is 1.36 bits per heavy atom. The van der Waals surface area contributed by atoms with Crippen molar-refractivity contribution in [1.29, 1.82) is 0 Å². The summed E-state index contributed by atoms with van der Waals surface area (Å²) in [6.45, 7) is 5.69. The van der Waals surface area contributed by atoms with Gasteiger partial charge in [0.25, 0.3) is 0 Å². The zero-order valence-electron chi connectivity index (χ0n) is 12.6. The van der Waals surface area contributed by atoms with Crippen molar-refractivity contribution in [1.82, 2.24) is 10.0 Å². The molecule has 0 unspecified atom stereocenters. The summed E-state index contributed by atoms with van der Waals surface area (Å²) in [5.74, 6) is -0.510. The second-order valence-electron chi connectivity index (χ2n) is 5.92. The highest BCUT2D eigenvalue weighted by atomic mass is 35.5. The maximum Gasteiger partial charge on any atom is 0.242 e. The average Bonchev–Trinajstić information content (AvgIpc) is 2.42. The topological polar surface area (TPSA) is 58.2 Å². The van der Waals surface area contributed by atoms with Crippen LogP contribution in [0.5, 0.6) is 0 Å². The molecular formula is C14H21Cl2FN2O2S. The zero-order valence-corrected chi connectivity index (χ0v) is 15.0. The van der Waals surface area contributed by atoms with Crippen LogP contribution < -0.4 is 10.0 Å². The molecule has 2 N–H and O–H groups in total. The number of nitrogens with one attached hydrogen (secondary N) is 2. The van der Waals surface area contributed by atoms with E-state index < -0.39 is 15.8 Å². The maximum atomic E-state index is 13.4. The first kappa shape index (κ1) is 19.6. The van der Waals surface area contributed by atoms with Gasteiger partial charge in [0.15, 0.2) is 0 Å². The summed E-state index contributed by atoms with van der Waals surface area (Å²) in [5.41, 5.74) is 0.188. The predicted octanol–water partition coefficient (Wildman–Crippen LogP) is 2.88. The van der Waals surface area contributed by atoms with Crippen LogP contribution in [0, 0.1) is 18.2 Å². The van der Waals surface area contributed by atoms with Crippen molar-refractivity contribution in [2.75, 3.05) is 19.6 Å². The van der Waals surface area contributed by atoms with E-state index in [0.717, 1.165) is 32.0 Å². The third-order valence-electron chi connectivity index (χ3n) is 4.00. The largest absolute Gasteiger partial charge is 0.317 e. The van der Waals surface area contributed by atoms with Crippen molar-refractivity contribution >= 4 is 34.0 Å². The van der Waals surface area contributed by atoms with Crippen molar-refractivity contribution in [2.45, 2.75) is 31.6 Å². The fraction of sp³-hybridized carbons (Fsp3) is 0.571. The first-order chi connectivity index (χ1) is 9.73. The minimum absolute atomic E-state index is 0. The summed E-state index contributed by atoms with van der Waals surface area (Å²) in [5, 5.41) is 3.16. The van der Waals surface area contributed by atoms with Crippen LogP contribution in [0.2, 0.25) is 5.02 Å². The molecule has 1 saturated heterocycles. The van der Waals surface area contributed by atoms with E-state index in [9.17, 15) is 12.8 Å². The second kappa shape index (κ2) is 7.45. The molecule has 0 saturated carbocycles. The van der Waals surface area contributed by atoms with Crippen molar-refractivity contribution in [3.63, 3.8) is 0 Å². The Bertz CT molecular complexity index is 632. The van der Waals surface area contributed by atoms with Crippen LogP contribution in [0.1, 0.15) is 25.3 Å². The highest BCUT2D eigenvalue weighted by molar-refractivity contribution is 7.89. The van der Waals surface area contributed by atoms with Crippen molar-refractivity contribution in [3.05, 3.63) is 28.5 Å². The summed E-state index contributed by atoms with van der Waals surface area (Å²) in [6, 6.07) is 2.31. The SMILES string of the molecule is Cc1cc(S(=O)(=O)NCC2(C)CCNCC2)c(Cl)cc1F.Cl. The van der Waals surface area contributed by atoms with Gasteiger partial charge in [0, 0.05) is 6.54 Å². The molecule has 1 aromatic carbocycles. The quantitative estimate of drug-likeness (QED) is 0.856. The fourth-order valence-corrected chi connectivity index (χ4v) is 4.19. The molecular weight excluding hydrogens is 350 g/mol. The average molecular weight is 371 g/mol. The molecule has 0 aliphatic carbocycles. The summed E-state index contributed by atoms with van der Waals surface area (Å²) < 4.78 is 40.7. The Morgan fingerprint density at radius 3 is 2.55 bits per heavy atom. The highest BCUT2D eigenvalue weighted by Crippen LogP contribution is 2.29. The van der Waals surface area contributed by atoms with Gasteiger partial charge in [-0.3, -0.25) is 0 Å². The Balaban J connectivity index is 0.00000242. The molecule has 0 atom stereocenters. The molecule has 0 spiro atoms. The molecule has 0 aromatic heterocycles. The minimum atomic E-state index is -3.74. The predicted molar refractivity (Wildman–Crippen MR) is 88.8 cm³/mol. The number of sulfonamides is 1. The van der Waals surface area contributed by atoms with Crippen LogP contribution in [0.3, 0.4) is 0 Å². The molecule has 0 bridgehead atoms. The summed E-state index contributed by atoms with van der Waals surface area (Å²) >= 11 is 5.87. The number of hydrogen-bond donors (Lipinski definition) is 2. The van der Waals surface area contributed by atoms with Crippen LogP contribution >= 0.6 is 24.0 Å². The van der Waals surface area contributed by atoms with E-state index in [2.05, 4.69) is 17.0 Å². The van der Waals surface area contributed by atoms with E-state index in [1.54, 1.807) is 0 Å². The monoisotopic (exact) mass is 370 g/mol. The molecule has 126 valence electrons. The van der Waals surface area contributed by atoms with Gasteiger partial charge in [0.2, 0.25) is 10.0 Å². The summed E-state index contributed by atoms with van der Waals surface area (Å²) in [7, 11) is -3.74. The van der Waals surface area contributed by atoms with Crippen molar-refractivity contribution < 1.29 is 12.8 Å². The lowest BCUT2D eigenvalue weighted by molar-refractivity contribution is 0.232. The van der Waals surface area contributed by atoms with E-state index in [4.69, 9.17) is 11.6 Å². The van der Waals surface area contributed by atoms with E-state index >= 15 is 0 Å². The Kier molecular flexibility index (Phi) is 6.65. The van der Waals surface area contributed by atoms with Gasteiger partial charge in [-0.2, -0.15) is 0 Å². The van der Waals surface area contributed by atoms with Gasteiger partial charge in [-0.1, -0.05) is 18.5 Å². The van der Waals surface area contributed by atoms with Gasteiger partial charge in [-0.15, -0.1) is 12.4 Å². The van der Waals surface area contributed by atoms with E-state index in [0.29, 0.717) is 6.54 Å². The van der Waals surface area contributed by atoms with Gasteiger partial charge >= 0.3 is 0 Å². The molecule has 0 radical (unpaired) electrons. The number of halogens is 3. The molecule has 22 heavy (non-hydrogen) atoms. The molecule has 1 aliphatic heterocycles. The Hall–Kier alpha value is -0.400. The van der Waals surface area contributed by atoms with E-state index in [-0.39, 0.29) is 33.3 Å². The van der Waals surface area contributed by atoms with Gasteiger partial charge in [-0.05, 0) is 56.0 Å². The fourth-order valence-electron chi connectivity index (χ4n) is 2.39. The van der Waals surface area contributed by atoms with Gasteiger partial charge in [-0.25, -0.2) is 17.5 Å².